The molecule has 1 saturated heterocycles. The molecule has 6 rings (SSSR count). The second kappa shape index (κ2) is 10.7. The molecule has 0 saturated carbocycles. The van der Waals surface area contributed by atoms with E-state index >= 15 is 4.39 Å². The van der Waals surface area contributed by atoms with Gasteiger partial charge in [0.25, 0.3) is 5.91 Å². The Hall–Kier alpha value is -3.97. The lowest BCUT2D eigenvalue weighted by molar-refractivity contribution is -0.0209. The maximum atomic E-state index is 15.7. The Kier molecular flexibility index (Phi) is 7.17. The van der Waals surface area contributed by atoms with Crippen LogP contribution in [0.15, 0.2) is 58.4 Å². The van der Waals surface area contributed by atoms with E-state index in [0.717, 1.165) is 23.6 Å². The molecule has 216 valence electrons. The van der Waals surface area contributed by atoms with Gasteiger partial charge in [0.05, 0.1) is 26.4 Å². The van der Waals surface area contributed by atoms with Crippen molar-refractivity contribution >= 4 is 39.5 Å². The normalized spacial score (nSPS) is 20.4. The molecular weight excluding hydrogens is 570 g/mol. The average molecular weight is 595 g/mol. The number of morpholine rings is 1. The number of benzene rings is 2. The molecule has 3 aliphatic heterocycles. The first-order valence-corrected chi connectivity index (χ1v) is 14.0. The minimum absolute atomic E-state index is 0.105. The summed E-state index contributed by atoms with van der Waals surface area (Å²) in [5.74, 6) is -2.73. The van der Waals surface area contributed by atoms with Gasteiger partial charge in [-0.3, -0.25) is 19.3 Å². The van der Waals surface area contributed by atoms with Crippen LogP contribution in [0.2, 0.25) is 0 Å². The number of rotatable bonds is 4. The minimum atomic E-state index is -1.03. The van der Waals surface area contributed by atoms with Crippen LogP contribution in [0, 0.1) is 11.6 Å². The summed E-state index contributed by atoms with van der Waals surface area (Å²) in [6.07, 6.45) is -0.256. The fourth-order valence-electron chi connectivity index (χ4n) is 5.84. The highest BCUT2D eigenvalue weighted by Gasteiger charge is 2.48. The smallest absolute Gasteiger partial charge is 0.451 e. The standard InChI is InChI=1S/C27H25B2F2N3O7S/c1-38-26(37)41-13-40-24-17(35)8-9-33-23(24)25(36)32-10-11-39-12-19(32)34(33)22-14-4-2-3-5-18(14)42-27(28,29)20-15(22)6-7-16(30)21(20)31/h2-9,19,22H,10-13,28-29H2,1H3/t19-,22-/m1/s1. The van der Waals surface area contributed by atoms with Crippen LogP contribution in [-0.2, 0) is 18.8 Å². The van der Waals surface area contributed by atoms with Gasteiger partial charge < -0.3 is 23.8 Å². The van der Waals surface area contributed by atoms with Crippen molar-refractivity contribution in [3.63, 3.8) is 0 Å². The number of hydrogen-bond acceptors (Lipinski definition) is 9. The SMILES string of the molecule is BC1(B)Sc2ccccc2[C@@H](N2[C@@H]3COCCN3C(=O)c3c(OCOC(=O)OC)c(=O)ccn32)c2ccc(F)c(F)c21. The summed E-state index contributed by atoms with van der Waals surface area (Å²) in [4.78, 5) is 40.9. The number of methoxy groups -OCH3 is 1. The van der Waals surface area contributed by atoms with Gasteiger partial charge in [0, 0.05) is 23.7 Å². The Bertz CT molecular complexity index is 1660. The summed E-state index contributed by atoms with van der Waals surface area (Å²) < 4.78 is 51.8. The first-order chi connectivity index (χ1) is 20.1. The van der Waals surface area contributed by atoms with Crippen molar-refractivity contribution in [3.8, 4) is 5.75 Å². The number of amides is 1. The number of thioether (sulfide) groups is 1. The van der Waals surface area contributed by atoms with Crippen LogP contribution in [0.1, 0.15) is 33.2 Å². The van der Waals surface area contributed by atoms with Crippen molar-refractivity contribution in [2.45, 2.75) is 21.6 Å². The quantitative estimate of drug-likeness (QED) is 0.251. The highest BCUT2D eigenvalue weighted by atomic mass is 32.2. The van der Waals surface area contributed by atoms with E-state index in [1.807, 2.05) is 45.0 Å². The Morgan fingerprint density at radius 2 is 1.93 bits per heavy atom. The third kappa shape index (κ3) is 4.51. The van der Waals surface area contributed by atoms with Gasteiger partial charge in [-0.05, 0) is 33.4 Å². The van der Waals surface area contributed by atoms with E-state index in [1.54, 1.807) is 11.0 Å². The van der Waals surface area contributed by atoms with Crippen LogP contribution in [0.25, 0.3) is 0 Å². The Morgan fingerprint density at radius 1 is 1.14 bits per heavy atom. The first-order valence-electron chi connectivity index (χ1n) is 13.2. The van der Waals surface area contributed by atoms with Crippen molar-refractivity contribution < 1.29 is 37.3 Å². The highest BCUT2D eigenvalue weighted by molar-refractivity contribution is 8.02. The molecular formula is C27H25B2F2N3O7S. The van der Waals surface area contributed by atoms with E-state index in [0.29, 0.717) is 5.56 Å². The zero-order chi connectivity index (χ0) is 29.8. The summed E-state index contributed by atoms with van der Waals surface area (Å²) in [5.41, 5.74) is 0.770. The first kappa shape index (κ1) is 28.2. The highest BCUT2D eigenvalue weighted by Crippen LogP contribution is 2.50. The lowest BCUT2D eigenvalue weighted by atomic mass is 9.63. The van der Waals surface area contributed by atoms with Crippen molar-refractivity contribution in [3.05, 3.63) is 92.9 Å². The van der Waals surface area contributed by atoms with Crippen molar-refractivity contribution in [1.29, 1.82) is 0 Å². The predicted octanol–water partition coefficient (Wildman–Crippen LogP) is 1.27. The van der Waals surface area contributed by atoms with Crippen molar-refractivity contribution in [1.82, 2.24) is 9.58 Å². The summed E-state index contributed by atoms with van der Waals surface area (Å²) in [7, 11) is 4.80. The predicted molar refractivity (Wildman–Crippen MR) is 153 cm³/mol. The number of fused-ring (bicyclic) bond motifs is 4. The molecule has 10 nitrogen and oxygen atoms in total. The Balaban J connectivity index is 1.61. The monoisotopic (exact) mass is 595 g/mol. The third-order valence-electron chi connectivity index (χ3n) is 7.57. The van der Waals surface area contributed by atoms with Gasteiger partial charge in [-0.25, -0.2) is 13.6 Å². The maximum Gasteiger partial charge on any atom is 0.510 e. The van der Waals surface area contributed by atoms with Gasteiger partial charge in [-0.1, -0.05) is 24.3 Å². The molecule has 1 amide bonds. The molecule has 0 bridgehead atoms. The van der Waals surface area contributed by atoms with E-state index in [9.17, 15) is 18.8 Å². The molecule has 1 aromatic heterocycles. The number of aromatic nitrogens is 1. The number of halogens is 2. The van der Waals surface area contributed by atoms with Gasteiger partial charge in [0.1, 0.15) is 21.9 Å². The molecule has 2 atom stereocenters. The molecule has 1 fully saturated rings. The molecule has 42 heavy (non-hydrogen) atoms. The van der Waals surface area contributed by atoms with Crippen molar-refractivity contribution in [2.75, 3.05) is 38.7 Å². The average Bonchev–Trinajstić information content (AvgIpc) is 3.07. The molecule has 0 aliphatic carbocycles. The topological polar surface area (TPSA) is 99.5 Å². The summed E-state index contributed by atoms with van der Waals surface area (Å²) in [5, 5.41) is 1.83. The molecule has 0 radical (unpaired) electrons. The van der Waals surface area contributed by atoms with Crippen LogP contribution >= 0.6 is 11.8 Å². The van der Waals surface area contributed by atoms with Crippen LogP contribution in [0.3, 0.4) is 0 Å². The van der Waals surface area contributed by atoms with E-state index in [1.165, 1.54) is 28.7 Å². The number of ether oxygens (including phenoxy) is 4. The molecule has 2 aromatic carbocycles. The van der Waals surface area contributed by atoms with Gasteiger partial charge in [-0.2, -0.15) is 0 Å². The van der Waals surface area contributed by atoms with Crippen molar-refractivity contribution in [2.24, 2.45) is 0 Å². The van der Waals surface area contributed by atoms with Crippen LogP contribution in [-0.4, -0.2) is 77.2 Å². The summed E-state index contributed by atoms with van der Waals surface area (Å²) >= 11 is 1.41. The number of pyridine rings is 1. The summed E-state index contributed by atoms with van der Waals surface area (Å²) in [6, 6.07) is 10.7. The van der Waals surface area contributed by atoms with Gasteiger partial charge in [0.2, 0.25) is 18.0 Å². The fraction of sp³-hybridized carbons (Fsp3) is 0.296. The molecule has 4 heterocycles. The third-order valence-corrected chi connectivity index (χ3v) is 8.88. The maximum absolute atomic E-state index is 15.7. The molecule has 3 aliphatic rings. The Labute approximate surface area is 245 Å². The lowest BCUT2D eigenvalue weighted by Crippen LogP contribution is -2.66. The largest absolute Gasteiger partial charge is 0.510 e. The molecule has 0 N–H and O–H groups in total. The van der Waals surface area contributed by atoms with Crippen LogP contribution in [0.5, 0.6) is 5.75 Å². The summed E-state index contributed by atoms with van der Waals surface area (Å²) in [6.45, 7) is -0.0912. The second-order valence-corrected chi connectivity index (χ2v) is 12.0. The molecule has 0 spiro atoms. The minimum Gasteiger partial charge on any atom is -0.451 e. The zero-order valence-corrected chi connectivity index (χ0v) is 23.8. The van der Waals surface area contributed by atoms with E-state index < -0.39 is 52.7 Å². The van der Waals surface area contributed by atoms with Crippen LogP contribution in [0.4, 0.5) is 13.6 Å². The number of carbonyl (C=O) groups excluding carboxylic acids is 2. The van der Waals surface area contributed by atoms with E-state index in [-0.39, 0.29) is 36.8 Å². The number of carbonyl (C=O) groups is 2. The number of nitrogens with zero attached hydrogens (tertiary/aromatic N) is 3. The molecule has 3 aromatic rings. The number of hydrogen-bond donors (Lipinski definition) is 0. The molecule has 0 unspecified atom stereocenters. The van der Waals surface area contributed by atoms with Gasteiger partial charge in [0.15, 0.2) is 17.3 Å². The Morgan fingerprint density at radius 3 is 2.71 bits per heavy atom. The lowest BCUT2D eigenvalue weighted by Gasteiger charge is -2.51. The van der Waals surface area contributed by atoms with Gasteiger partial charge >= 0.3 is 6.16 Å². The second-order valence-electron chi connectivity index (χ2n) is 10.4. The fourth-order valence-corrected chi connectivity index (χ4v) is 7.14. The van der Waals surface area contributed by atoms with Crippen LogP contribution < -0.4 is 15.2 Å². The van der Waals surface area contributed by atoms with E-state index in [4.69, 9.17) is 14.2 Å². The van der Waals surface area contributed by atoms with Gasteiger partial charge in [-0.15, -0.1) is 11.8 Å². The van der Waals surface area contributed by atoms with E-state index in [2.05, 4.69) is 4.74 Å². The molecule has 15 heteroatoms. The zero-order valence-electron chi connectivity index (χ0n) is 23.0.